The molecule has 0 spiro atoms. The molecule has 0 saturated heterocycles. The van der Waals surface area contributed by atoms with Crippen molar-refractivity contribution in [1.29, 1.82) is 0 Å². The number of hydrogen-bond donors (Lipinski definition) is 1. The Labute approximate surface area is 209 Å². The van der Waals surface area contributed by atoms with Gasteiger partial charge in [-0.1, -0.05) is 101 Å². The number of amides is 1. The van der Waals surface area contributed by atoms with Crippen molar-refractivity contribution in [2.45, 2.75) is 127 Å². The lowest BCUT2D eigenvalue weighted by Gasteiger charge is -2.73. The molecule has 0 aliphatic heterocycles. The Kier molecular flexibility index (Phi) is 9.05. The Morgan fingerprint density at radius 3 is 2.12 bits per heavy atom. The molecular weight excluding hydrogens is 417 g/mol. The van der Waals surface area contributed by atoms with Crippen molar-refractivity contribution in [3.63, 3.8) is 0 Å². The summed E-state index contributed by atoms with van der Waals surface area (Å²) in [5, 5.41) is 3.31. The van der Waals surface area contributed by atoms with Crippen LogP contribution in [0.4, 0.5) is 0 Å². The predicted octanol–water partition coefficient (Wildman–Crippen LogP) is 7.68. The average molecular weight is 465 g/mol. The molecule has 1 N–H and O–H groups in total. The van der Waals surface area contributed by atoms with Crippen LogP contribution in [0.15, 0.2) is 36.6 Å². The highest BCUT2D eigenvalue weighted by Crippen LogP contribution is 2.72. The average Bonchev–Trinajstić information content (AvgIpc) is 2.73. The third kappa shape index (κ3) is 6.40. The first kappa shape index (κ1) is 25.6. The maximum absolute atomic E-state index is 12.5. The van der Waals surface area contributed by atoms with Crippen molar-refractivity contribution in [1.82, 2.24) is 5.32 Å². The van der Waals surface area contributed by atoms with Gasteiger partial charge in [-0.2, -0.15) is 0 Å². The largest absolute Gasteiger partial charge is 0.484 e. The lowest BCUT2D eigenvalue weighted by Crippen LogP contribution is -2.76. The minimum atomic E-state index is 0.0184. The van der Waals surface area contributed by atoms with Gasteiger partial charge in [-0.05, 0) is 62.5 Å². The van der Waals surface area contributed by atoms with E-state index in [1.165, 1.54) is 103 Å². The highest BCUT2D eigenvalue weighted by atomic mass is 16.5. The van der Waals surface area contributed by atoms with Crippen LogP contribution in [0.5, 0.6) is 0 Å². The van der Waals surface area contributed by atoms with E-state index in [0.29, 0.717) is 11.2 Å². The molecule has 0 heterocycles. The van der Waals surface area contributed by atoms with E-state index in [9.17, 15) is 4.79 Å². The Morgan fingerprint density at radius 1 is 0.941 bits per heavy atom. The van der Waals surface area contributed by atoms with Crippen LogP contribution < -0.4 is 5.32 Å². The first-order chi connectivity index (χ1) is 16.6. The summed E-state index contributed by atoms with van der Waals surface area (Å²) < 4.78 is 5.65. The van der Waals surface area contributed by atoms with Crippen molar-refractivity contribution in [2.75, 3.05) is 6.61 Å². The first-order valence-corrected chi connectivity index (χ1v) is 14.3. The molecular formula is C30H47BNO2. The van der Waals surface area contributed by atoms with Gasteiger partial charge in [0.15, 0.2) is 6.61 Å². The van der Waals surface area contributed by atoms with Crippen molar-refractivity contribution < 1.29 is 9.53 Å². The van der Waals surface area contributed by atoms with Crippen LogP contribution in [-0.2, 0) is 9.53 Å². The summed E-state index contributed by atoms with van der Waals surface area (Å²) >= 11 is 0. The minimum absolute atomic E-state index is 0.0184. The van der Waals surface area contributed by atoms with E-state index >= 15 is 0 Å². The summed E-state index contributed by atoms with van der Waals surface area (Å²) in [6.45, 7) is 5.68. The van der Waals surface area contributed by atoms with Gasteiger partial charge in [-0.15, -0.1) is 0 Å². The zero-order chi connectivity index (χ0) is 23.9. The van der Waals surface area contributed by atoms with Crippen LogP contribution in [-0.4, -0.2) is 25.3 Å². The molecule has 5 saturated carbocycles. The van der Waals surface area contributed by atoms with Gasteiger partial charge in [-0.3, -0.25) is 4.79 Å². The van der Waals surface area contributed by atoms with E-state index in [0.717, 1.165) is 17.6 Å². The fourth-order valence-corrected chi connectivity index (χ4v) is 7.71. The molecule has 1 radical (unpaired) electrons. The summed E-state index contributed by atoms with van der Waals surface area (Å²) in [6.07, 6.45) is 29.4. The summed E-state index contributed by atoms with van der Waals surface area (Å²) in [7, 11) is 2.80. The second kappa shape index (κ2) is 12.0. The fraction of sp³-hybridized carbons (Fsp3) is 0.767. The number of hydrogen-bond acceptors (Lipinski definition) is 2. The van der Waals surface area contributed by atoms with Gasteiger partial charge in [-0.25, -0.2) is 0 Å². The highest BCUT2D eigenvalue weighted by Gasteiger charge is 2.70. The number of carbonyl (C=O) groups excluding carboxylic acids is 1. The molecule has 0 aromatic heterocycles. The Balaban J connectivity index is 1.15. The standard InChI is InChI=1S/C30H47BNO2/c1-3-5-19-27(4-2)34-20-28(33)32-30-21-29(22-30,23-30)24-13-11-17-26(18-12-14-24)31-25-15-9-7-6-8-10-16-25/h3-5,19,24-26H,1,6-18,20-23H2,2H3,(H,32,33)/b19-5-,27-4+. The van der Waals surface area contributed by atoms with Crippen molar-refractivity contribution in [3.8, 4) is 0 Å². The monoisotopic (exact) mass is 464 g/mol. The molecule has 1 amide bonds. The van der Waals surface area contributed by atoms with Gasteiger partial charge in [0.1, 0.15) is 13.0 Å². The molecule has 0 aromatic carbocycles. The molecule has 4 heteroatoms. The van der Waals surface area contributed by atoms with Gasteiger partial charge in [0.2, 0.25) is 0 Å². The van der Waals surface area contributed by atoms with Crippen LogP contribution in [0.1, 0.15) is 110 Å². The number of rotatable bonds is 9. The Bertz CT molecular complexity index is 719. The molecule has 5 fully saturated rings. The third-order valence-electron chi connectivity index (χ3n) is 9.34. The lowest BCUT2D eigenvalue weighted by atomic mass is 9.34. The van der Waals surface area contributed by atoms with E-state index in [1.54, 1.807) is 6.08 Å². The highest BCUT2D eigenvalue weighted by molar-refractivity contribution is 6.39. The van der Waals surface area contributed by atoms with Crippen molar-refractivity contribution in [2.24, 2.45) is 11.3 Å². The third-order valence-corrected chi connectivity index (χ3v) is 9.34. The van der Waals surface area contributed by atoms with Crippen molar-refractivity contribution in [3.05, 3.63) is 36.6 Å². The summed E-state index contributed by atoms with van der Waals surface area (Å²) in [6, 6.07) is 0. The first-order valence-electron chi connectivity index (χ1n) is 14.3. The Morgan fingerprint density at radius 2 is 1.53 bits per heavy atom. The number of ether oxygens (including phenoxy) is 1. The molecule has 2 bridgehead atoms. The number of nitrogens with one attached hydrogen (secondary N) is 1. The molecule has 187 valence electrons. The van der Waals surface area contributed by atoms with E-state index in [1.807, 2.05) is 25.2 Å². The molecule has 5 aliphatic rings. The quantitative estimate of drug-likeness (QED) is 0.216. The van der Waals surface area contributed by atoms with Crippen molar-refractivity contribution >= 4 is 13.2 Å². The molecule has 3 nitrogen and oxygen atoms in total. The number of carbonyl (C=O) groups is 1. The summed E-state index contributed by atoms with van der Waals surface area (Å²) in [5.41, 5.74) is 0.607. The fourth-order valence-electron chi connectivity index (χ4n) is 7.71. The maximum atomic E-state index is 12.5. The van der Waals surface area contributed by atoms with Gasteiger partial charge in [0.25, 0.3) is 5.91 Å². The molecule has 5 aliphatic carbocycles. The van der Waals surface area contributed by atoms with Crippen LogP contribution in [0.3, 0.4) is 0 Å². The van der Waals surface area contributed by atoms with E-state index in [2.05, 4.69) is 19.2 Å². The van der Waals surface area contributed by atoms with Crippen LogP contribution >= 0.6 is 0 Å². The van der Waals surface area contributed by atoms with Gasteiger partial charge in [0, 0.05) is 5.54 Å². The van der Waals surface area contributed by atoms with Gasteiger partial charge in [0.05, 0.1) is 0 Å². The molecule has 0 atom stereocenters. The van der Waals surface area contributed by atoms with Crippen LogP contribution in [0.25, 0.3) is 0 Å². The second-order valence-electron chi connectivity index (χ2n) is 11.9. The maximum Gasteiger partial charge on any atom is 0.258 e. The summed E-state index contributed by atoms with van der Waals surface area (Å²) in [4.78, 5) is 12.5. The Hall–Kier alpha value is -1.45. The van der Waals surface area contributed by atoms with E-state index < -0.39 is 0 Å². The molecule has 5 rings (SSSR count). The zero-order valence-electron chi connectivity index (χ0n) is 21.7. The predicted molar refractivity (Wildman–Crippen MR) is 143 cm³/mol. The number of allylic oxidation sites excluding steroid dienone is 4. The van der Waals surface area contributed by atoms with E-state index in [4.69, 9.17) is 4.74 Å². The topological polar surface area (TPSA) is 38.3 Å². The van der Waals surface area contributed by atoms with E-state index in [-0.39, 0.29) is 18.1 Å². The minimum Gasteiger partial charge on any atom is -0.484 e. The summed E-state index contributed by atoms with van der Waals surface area (Å²) in [5.74, 6) is 3.37. The van der Waals surface area contributed by atoms with Gasteiger partial charge >= 0.3 is 0 Å². The lowest BCUT2D eigenvalue weighted by molar-refractivity contribution is -0.198. The SMILES string of the molecule is C=C/C=C\C(=C/C)OCC(=O)NC12CC(C3CCCC([B]C4CCCCCCC4)CCC3)(C1)C2. The molecule has 0 aromatic rings. The normalized spacial score (nSPS) is 35.0. The second-order valence-corrected chi connectivity index (χ2v) is 11.9. The zero-order valence-corrected chi connectivity index (χ0v) is 21.7. The van der Waals surface area contributed by atoms with Crippen LogP contribution in [0, 0.1) is 11.3 Å². The molecule has 0 unspecified atom stereocenters. The van der Waals surface area contributed by atoms with Gasteiger partial charge < -0.3 is 10.1 Å². The molecule has 34 heavy (non-hydrogen) atoms. The smallest absolute Gasteiger partial charge is 0.258 e. The van der Waals surface area contributed by atoms with Crippen LogP contribution in [0.2, 0.25) is 11.6 Å².